The molecule has 0 saturated carbocycles. The largest absolute Gasteiger partial charge is 0.367 e. The molecule has 0 saturated heterocycles. The third kappa shape index (κ3) is 4.86. The summed E-state index contributed by atoms with van der Waals surface area (Å²) in [7, 11) is -3.23. The molecule has 0 aliphatic heterocycles. The molecule has 1 rings (SSSR count). The molecule has 4 nitrogen and oxygen atoms in total. The summed E-state index contributed by atoms with van der Waals surface area (Å²) < 4.78 is 23.2. The van der Waals surface area contributed by atoms with Crippen molar-refractivity contribution in [3.8, 4) is 0 Å². The Kier molecular flexibility index (Phi) is 5.95. The van der Waals surface area contributed by atoms with Gasteiger partial charge in [-0.3, -0.25) is 0 Å². The Morgan fingerprint density at radius 2 is 2.22 bits per heavy atom. The second kappa shape index (κ2) is 6.99. The Labute approximate surface area is 114 Å². The molecule has 0 amide bonds. The van der Waals surface area contributed by atoms with Crippen LogP contribution < -0.4 is 5.32 Å². The van der Waals surface area contributed by atoms with Crippen LogP contribution in [0.2, 0.25) is 0 Å². The summed E-state index contributed by atoms with van der Waals surface area (Å²) in [5.74, 6) is 2.62. The van der Waals surface area contributed by atoms with Gasteiger partial charge in [-0.25, -0.2) is 13.4 Å². The summed E-state index contributed by atoms with van der Waals surface area (Å²) in [5.41, 5.74) is 0. The number of hydrogen-bond donors (Lipinski definition) is 1. The van der Waals surface area contributed by atoms with Gasteiger partial charge in [0.2, 0.25) is 0 Å². The molecule has 0 bridgehead atoms. The lowest BCUT2D eigenvalue weighted by Crippen LogP contribution is -2.19. The first-order valence-electron chi connectivity index (χ1n) is 5.94. The maximum absolute atomic E-state index is 11.6. The normalized spacial score (nSPS) is 13.3. The number of thioether (sulfide) groups is 1. The Morgan fingerprint density at radius 1 is 1.50 bits per heavy atom. The van der Waals surface area contributed by atoms with Gasteiger partial charge in [0.15, 0.2) is 9.84 Å². The van der Waals surface area contributed by atoms with Crippen molar-refractivity contribution in [3.63, 3.8) is 0 Å². The molecule has 1 atom stereocenters. The molecule has 0 aliphatic rings. The molecule has 1 aromatic rings. The average Bonchev–Trinajstić information content (AvgIpc) is 2.28. The van der Waals surface area contributed by atoms with Gasteiger partial charge in [0.05, 0.1) is 0 Å². The number of rotatable bonds is 7. The van der Waals surface area contributed by atoms with Crippen molar-refractivity contribution in [2.75, 3.05) is 23.1 Å². The van der Waals surface area contributed by atoms with E-state index in [2.05, 4.69) is 17.2 Å². The maximum Gasteiger partial charge on any atom is 0.179 e. The van der Waals surface area contributed by atoms with E-state index >= 15 is 0 Å². The fraction of sp³-hybridized carbons (Fsp3) is 0.583. The van der Waals surface area contributed by atoms with Gasteiger partial charge in [0.1, 0.15) is 10.7 Å². The molecular weight excluding hydrogens is 268 g/mol. The lowest BCUT2D eigenvalue weighted by atomic mass is 10.2. The molecule has 0 aromatic carbocycles. The van der Waals surface area contributed by atoms with Crippen LogP contribution in [0.4, 0.5) is 5.82 Å². The van der Waals surface area contributed by atoms with Crippen molar-refractivity contribution >= 4 is 27.4 Å². The van der Waals surface area contributed by atoms with Gasteiger partial charge in [0.25, 0.3) is 0 Å². The van der Waals surface area contributed by atoms with E-state index in [1.165, 1.54) is 6.26 Å². The van der Waals surface area contributed by atoms with Crippen LogP contribution >= 0.6 is 11.8 Å². The van der Waals surface area contributed by atoms with Crippen LogP contribution in [0, 0.1) is 0 Å². The smallest absolute Gasteiger partial charge is 0.179 e. The standard InChI is InChI=1S/C12H20N2O2S2/c1-4-17-9-7-10(2)14-12-11(18(3,15)16)6-5-8-13-12/h5-6,8,10H,4,7,9H2,1-3H3,(H,13,14). The molecule has 1 unspecified atom stereocenters. The Balaban J connectivity index is 2.73. The predicted octanol–water partition coefficient (Wildman–Crippen LogP) is 2.43. The minimum Gasteiger partial charge on any atom is -0.367 e. The SMILES string of the molecule is CCSCCC(C)Nc1ncccc1S(C)(=O)=O. The summed E-state index contributed by atoms with van der Waals surface area (Å²) in [6, 6.07) is 3.43. The van der Waals surface area contributed by atoms with E-state index in [4.69, 9.17) is 0 Å². The second-order valence-corrected chi connectivity index (χ2v) is 7.53. The van der Waals surface area contributed by atoms with Gasteiger partial charge >= 0.3 is 0 Å². The average molecular weight is 288 g/mol. The van der Waals surface area contributed by atoms with E-state index in [0.29, 0.717) is 5.82 Å². The zero-order valence-electron chi connectivity index (χ0n) is 11.0. The fourth-order valence-electron chi connectivity index (χ4n) is 1.51. The van der Waals surface area contributed by atoms with Gasteiger partial charge in [-0.1, -0.05) is 6.92 Å². The second-order valence-electron chi connectivity index (χ2n) is 4.15. The van der Waals surface area contributed by atoms with Crippen LogP contribution in [-0.4, -0.2) is 37.2 Å². The molecular formula is C12H20N2O2S2. The van der Waals surface area contributed by atoms with E-state index in [1.807, 2.05) is 18.7 Å². The van der Waals surface area contributed by atoms with E-state index in [1.54, 1.807) is 18.3 Å². The molecule has 0 fully saturated rings. The highest BCUT2D eigenvalue weighted by molar-refractivity contribution is 7.99. The number of pyridine rings is 1. The van der Waals surface area contributed by atoms with Crippen LogP contribution in [0.3, 0.4) is 0 Å². The van der Waals surface area contributed by atoms with Crippen molar-refractivity contribution < 1.29 is 8.42 Å². The lowest BCUT2D eigenvalue weighted by molar-refractivity contribution is 0.601. The predicted molar refractivity (Wildman–Crippen MR) is 78.0 cm³/mol. The first-order chi connectivity index (χ1) is 8.45. The third-order valence-corrected chi connectivity index (χ3v) is 4.51. The van der Waals surface area contributed by atoms with Crippen LogP contribution in [0.25, 0.3) is 0 Å². The van der Waals surface area contributed by atoms with E-state index < -0.39 is 9.84 Å². The van der Waals surface area contributed by atoms with E-state index in [-0.39, 0.29) is 10.9 Å². The van der Waals surface area contributed by atoms with Crippen molar-refractivity contribution in [3.05, 3.63) is 18.3 Å². The van der Waals surface area contributed by atoms with Gasteiger partial charge < -0.3 is 5.32 Å². The summed E-state index contributed by atoms with van der Waals surface area (Å²) >= 11 is 1.88. The molecule has 18 heavy (non-hydrogen) atoms. The molecule has 1 aromatic heterocycles. The molecule has 1 heterocycles. The number of nitrogens with zero attached hydrogens (tertiary/aromatic N) is 1. The van der Waals surface area contributed by atoms with E-state index in [9.17, 15) is 8.42 Å². The zero-order valence-corrected chi connectivity index (χ0v) is 12.6. The van der Waals surface area contributed by atoms with Crippen LogP contribution in [0.5, 0.6) is 0 Å². The number of anilines is 1. The highest BCUT2D eigenvalue weighted by Gasteiger charge is 2.15. The first kappa shape index (κ1) is 15.3. The topological polar surface area (TPSA) is 59.1 Å². The Morgan fingerprint density at radius 3 is 2.83 bits per heavy atom. The summed E-state index contributed by atoms with van der Waals surface area (Å²) in [6.45, 7) is 4.17. The minimum atomic E-state index is -3.23. The highest BCUT2D eigenvalue weighted by Crippen LogP contribution is 2.19. The van der Waals surface area contributed by atoms with Crippen molar-refractivity contribution in [2.45, 2.75) is 31.2 Å². The molecule has 0 aliphatic carbocycles. The lowest BCUT2D eigenvalue weighted by Gasteiger charge is -2.16. The molecule has 0 spiro atoms. The highest BCUT2D eigenvalue weighted by atomic mass is 32.2. The molecule has 1 N–H and O–H groups in total. The number of aromatic nitrogens is 1. The van der Waals surface area contributed by atoms with Crippen molar-refractivity contribution in [1.82, 2.24) is 4.98 Å². The molecule has 102 valence electrons. The monoisotopic (exact) mass is 288 g/mol. The summed E-state index contributed by atoms with van der Waals surface area (Å²) in [6.07, 6.45) is 3.79. The Hall–Kier alpha value is -0.750. The fourth-order valence-corrected chi connectivity index (χ4v) is 3.11. The van der Waals surface area contributed by atoms with Crippen LogP contribution in [0.15, 0.2) is 23.2 Å². The van der Waals surface area contributed by atoms with Gasteiger partial charge in [0, 0.05) is 18.5 Å². The third-order valence-electron chi connectivity index (χ3n) is 2.45. The molecule has 6 heteroatoms. The van der Waals surface area contributed by atoms with Crippen LogP contribution in [-0.2, 0) is 9.84 Å². The first-order valence-corrected chi connectivity index (χ1v) is 8.99. The summed E-state index contributed by atoms with van der Waals surface area (Å²) in [4.78, 5) is 4.38. The van der Waals surface area contributed by atoms with Crippen LogP contribution in [0.1, 0.15) is 20.3 Å². The molecule has 0 radical (unpaired) electrons. The van der Waals surface area contributed by atoms with Gasteiger partial charge in [-0.05, 0) is 37.0 Å². The Bertz CT molecular complexity index is 475. The van der Waals surface area contributed by atoms with Crippen molar-refractivity contribution in [1.29, 1.82) is 0 Å². The number of sulfone groups is 1. The van der Waals surface area contributed by atoms with Crippen molar-refractivity contribution in [2.24, 2.45) is 0 Å². The summed E-state index contributed by atoms with van der Waals surface area (Å²) in [5, 5.41) is 3.17. The van der Waals surface area contributed by atoms with Gasteiger partial charge in [-0.2, -0.15) is 11.8 Å². The van der Waals surface area contributed by atoms with Gasteiger partial charge in [-0.15, -0.1) is 0 Å². The number of hydrogen-bond acceptors (Lipinski definition) is 5. The minimum absolute atomic E-state index is 0.208. The zero-order chi connectivity index (χ0) is 13.6. The number of nitrogens with one attached hydrogen (secondary N) is 1. The maximum atomic E-state index is 11.6. The van der Waals surface area contributed by atoms with E-state index in [0.717, 1.165) is 17.9 Å². The quantitative estimate of drug-likeness (QED) is 0.781.